The average Bonchev–Trinajstić information content (AvgIpc) is 2.89. The molecule has 2 aromatic rings. The highest BCUT2D eigenvalue weighted by molar-refractivity contribution is 5.13. The molecule has 106 valence electrons. The molecule has 1 N–H and O–H groups in total. The normalized spacial score (nSPS) is 20.2. The highest BCUT2D eigenvalue weighted by Crippen LogP contribution is 2.25. The Labute approximate surface area is 120 Å². The van der Waals surface area contributed by atoms with Crippen molar-refractivity contribution >= 4 is 0 Å². The zero-order chi connectivity index (χ0) is 13.9. The predicted molar refractivity (Wildman–Crippen MR) is 79.6 cm³/mol. The Kier molecular flexibility index (Phi) is 3.83. The standard InChI is InChI=1S/C16H22N4/c1-12-5-6-14(9-17-12)10-20-7-3-4-15(11-20)16-18-8-13(2)19-16/h5-6,8-9,15H,3-4,7,10-11H2,1-2H3,(H,18,19)/t15-/m0/s1. The van der Waals surface area contributed by atoms with Crippen molar-refractivity contribution in [3.05, 3.63) is 47.3 Å². The van der Waals surface area contributed by atoms with E-state index in [0.29, 0.717) is 5.92 Å². The molecular formula is C16H22N4. The predicted octanol–water partition coefficient (Wildman–Crippen LogP) is 2.80. The summed E-state index contributed by atoms with van der Waals surface area (Å²) in [5.41, 5.74) is 3.53. The lowest BCUT2D eigenvalue weighted by molar-refractivity contribution is 0.197. The molecule has 0 unspecified atom stereocenters. The number of piperidine rings is 1. The van der Waals surface area contributed by atoms with Crippen LogP contribution in [0.4, 0.5) is 0 Å². The maximum absolute atomic E-state index is 4.50. The number of nitrogens with one attached hydrogen (secondary N) is 1. The molecule has 0 spiro atoms. The SMILES string of the molecule is Cc1ccc(CN2CCC[C@H](c3ncc(C)[nH]3)C2)cn1. The number of imidazole rings is 1. The van der Waals surface area contributed by atoms with Crippen LogP contribution in [0.2, 0.25) is 0 Å². The van der Waals surface area contributed by atoms with Gasteiger partial charge in [-0.1, -0.05) is 6.07 Å². The molecule has 3 heterocycles. The van der Waals surface area contributed by atoms with Crippen molar-refractivity contribution in [2.24, 2.45) is 0 Å². The number of hydrogen-bond acceptors (Lipinski definition) is 3. The molecule has 4 heteroatoms. The second-order valence-corrected chi connectivity index (χ2v) is 5.83. The van der Waals surface area contributed by atoms with Gasteiger partial charge >= 0.3 is 0 Å². The molecule has 0 amide bonds. The molecular weight excluding hydrogens is 248 g/mol. The summed E-state index contributed by atoms with van der Waals surface area (Å²) >= 11 is 0. The van der Waals surface area contributed by atoms with Gasteiger partial charge in [-0.25, -0.2) is 4.98 Å². The minimum absolute atomic E-state index is 0.538. The highest BCUT2D eigenvalue weighted by Gasteiger charge is 2.23. The summed E-state index contributed by atoms with van der Waals surface area (Å²) < 4.78 is 0. The Balaban J connectivity index is 1.64. The fourth-order valence-electron chi connectivity index (χ4n) is 2.91. The van der Waals surface area contributed by atoms with Crippen LogP contribution in [0.25, 0.3) is 0 Å². The van der Waals surface area contributed by atoms with Gasteiger partial charge < -0.3 is 4.98 Å². The lowest BCUT2D eigenvalue weighted by Crippen LogP contribution is -2.34. The minimum Gasteiger partial charge on any atom is -0.346 e. The molecule has 0 aromatic carbocycles. The van der Waals surface area contributed by atoms with Crippen LogP contribution in [0.15, 0.2) is 24.5 Å². The van der Waals surface area contributed by atoms with E-state index in [1.807, 2.05) is 19.3 Å². The number of pyridine rings is 1. The number of hydrogen-bond donors (Lipinski definition) is 1. The lowest BCUT2D eigenvalue weighted by atomic mass is 9.97. The Bertz CT molecular complexity index is 558. The molecule has 1 atom stereocenters. The molecule has 0 bridgehead atoms. The van der Waals surface area contributed by atoms with E-state index in [2.05, 4.69) is 38.9 Å². The van der Waals surface area contributed by atoms with Gasteiger partial charge in [0.25, 0.3) is 0 Å². The van der Waals surface area contributed by atoms with E-state index in [1.165, 1.54) is 24.9 Å². The Morgan fingerprint density at radius 1 is 1.25 bits per heavy atom. The second-order valence-electron chi connectivity index (χ2n) is 5.83. The molecule has 1 fully saturated rings. The van der Waals surface area contributed by atoms with Gasteiger partial charge in [-0.3, -0.25) is 9.88 Å². The maximum Gasteiger partial charge on any atom is 0.110 e. The van der Waals surface area contributed by atoms with Crippen molar-refractivity contribution in [3.63, 3.8) is 0 Å². The van der Waals surface area contributed by atoms with Crippen LogP contribution >= 0.6 is 0 Å². The summed E-state index contributed by atoms with van der Waals surface area (Å²) in [4.78, 5) is 14.8. The van der Waals surface area contributed by atoms with Crippen molar-refractivity contribution in [1.29, 1.82) is 0 Å². The Morgan fingerprint density at radius 3 is 2.85 bits per heavy atom. The summed E-state index contributed by atoms with van der Waals surface area (Å²) in [6.45, 7) is 7.34. The van der Waals surface area contributed by atoms with E-state index in [0.717, 1.165) is 30.3 Å². The summed E-state index contributed by atoms with van der Waals surface area (Å²) in [6, 6.07) is 4.27. The number of H-pyrrole nitrogens is 1. The first-order chi connectivity index (χ1) is 9.70. The van der Waals surface area contributed by atoms with Crippen molar-refractivity contribution in [2.75, 3.05) is 13.1 Å². The zero-order valence-corrected chi connectivity index (χ0v) is 12.3. The monoisotopic (exact) mass is 270 g/mol. The third-order valence-electron chi connectivity index (χ3n) is 3.99. The summed E-state index contributed by atoms with van der Waals surface area (Å²) in [5.74, 6) is 1.69. The molecule has 3 rings (SSSR count). The van der Waals surface area contributed by atoms with E-state index in [9.17, 15) is 0 Å². The summed E-state index contributed by atoms with van der Waals surface area (Å²) in [6.07, 6.45) is 6.40. The first-order valence-electron chi connectivity index (χ1n) is 7.36. The molecule has 20 heavy (non-hydrogen) atoms. The molecule has 2 aromatic heterocycles. The van der Waals surface area contributed by atoms with E-state index in [-0.39, 0.29) is 0 Å². The first kappa shape index (κ1) is 13.3. The van der Waals surface area contributed by atoms with Crippen molar-refractivity contribution in [3.8, 4) is 0 Å². The van der Waals surface area contributed by atoms with Gasteiger partial charge in [0.1, 0.15) is 5.82 Å². The highest BCUT2D eigenvalue weighted by atomic mass is 15.1. The minimum atomic E-state index is 0.538. The van der Waals surface area contributed by atoms with Crippen molar-refractivity contribution in [1.82, 2.24) is 19.9 Å². The quantitative estimate of drug-likeness (QED) is 0.932. The molecule has 0 saturated carbocycles. The number of nitrogens with zero attached hydrogens (tertiary/aromatic N) is 3. The van der Waals surface area contributed by atoms with Crippen LogP contribution in [-0.4, -0.2) is 32.9 Å². The topological polar surface area (TPSA) is 44.8 Å². The zero-order valence-electron chi connectivity index (χ0n) is 12.3. The van der Waals surface area contributed by atoms with Gasteiger partial charge in [0.05, 0.1) is 0 Å². The van der Waals surface area contributed by atoms with Gasteiger partial charge in [0.2, 0.25) is 0 Å². The van der Waals surface area contributed by atoms with E-state index in [4.69, 9.17) is 0 Å². The van der Waals surface area contributed by atoms with Gasteiger partial charge in [-0.15, -0.1) is 0 Å². The number of aromatic amines is 1. The van der Waals surface area contributed by atoms with Crippen molar-refractivity contribution < 1.29 is 0 Å². The maximum atomic E-state index is 4.50. The molecule has 1 aliphatic heterocycles. The largest absolute Gasteiger partial charge is 0.346 e. The Hall–Kier alpha value is -1.68. The van der Waals surface area contributed by atoms with Crippen molar-refractivity contribution in [2.45, 2.75) is 39.2 Å². The van der Waals surface area contributed by atoms with Crippen LogP contribution in [0, 0.1) is 13.8 Å². The van der Waals surface area contributed by atoms with E-state index < -0.39 is 0 Å². The second kappa shape index (κ2) is 5.75. The third kappa shape index (κ3) is 3.07. The van der Waals surface area contributed by atoms with E-state index in [1.54, 1.807) is 0 Å². The van der Waals surface area contributed by atoms with Crippen LogP contribution in [-0.2, 0) is 6.54 Å². The van der Waals surface area contributed by atoms with Crippen LogP contribution in [0.1, 0.15) is 41.5 Å². The summed E-state index contributed by atoms with van der Waals surface area (Å²) in [5, 5.41) is 0. The van der Waals surface area contributed by atoms with Gasteiger partial charge in [-0.05, 0) is 44.9 Å². The number of aromatic nitrogens is 3. The van der Waals surface area contributed by atoms with Crippen LogP contribution < -0.4 is 0 Å². The van der Waals surface area contributed by atoms with Gasteiger partial charge in [0, 0.05) is 42.8 Å². The van der Waals surface area contributed by atoms with Gasteiger partial charge in [-0.2, -0.15) is 0 Å². The molecule has 4 nitrogen and oxygen atoms in total. The van der Waals surface area contributed by atoms with Crippen LogP contribution in [0.5, 0.6) is 0 Å². The number of likely N-dealkylation sites (tertiary alicyclic amines) is 1. The fourth-order valence-corrected chi connectivity index (χ4v) is 2.91. The van der Waals surface area contributed by atoms with Gasteiger partial charge in [0.15, 0.2) is 0 Å². The third-order valence-corrected chi connectivity index (χ3v) is 3.99. The first-order valence-corrected chi connectivity index (χ1v) is 7.36. The molecule has 1 saturated heterocycles. The Morgan fingerprint density at radius 2 is 2.15 bits per heavy atom. The fraction of sp³-hybridized carbons (Fsp3) is 0.500. The average molecular weight is 270 g/mol. The number of rotatable bonds is 3. The molecule has 0 aliphatic carbocycles. The summed E-state index contributed by atoms with van der Waals surface area (Å²) in [7, 11) is 0. The number of aryl methyl sites for hydroxylation is 2. The smallest absolute Gasteiger partial charge is 0.110 e. The lowest BCUT2D eigenvalue weighted by Gasteiger charge is -2.31. The molecule has 1 aliphatic rings. The molecule has 0 radical (unpaired) electrons. The van der Waals surface area contributed by atoms with Crippen LogP contribution in [0.3, 0.4) is 0 Å². The van der Waals surface area contributed by atoms with E-state index >= 15 is 0 Å².